The summed E-state index contributed by atoms with van der Waals surface area (Å²) in [5, 5.41) is 0. The van der Waals surface area contributed by atoms with Gasteiger partial charge in [-0.05, 0) is 37.5 Å². The Morgan fingerprint density at radius 2 is 2.00 bits per heavy atom. The van der Waals surface area contributed by atoms with E-state index in [-0.39, 0.29) is 0 Å². The number of nitrogens with one attached hydrogen (secondary N) is 1. The van der Waals surface area contributed by atoms with Crippen molar-refractivity contribution in [3.63, 3.8) is 0 Å². The average molecular weight is 255 g/mol. The van der Waals surface area contributed by atoms with Crippen LogP contribution in [0.25, 0.3) is 0 Å². The third kappa shape index (κ3) is 3.17. The van der Waals surface area contributed by atoms with Crippen LogP contribution < -0.4 is 4.72 Å². The summed E-state index contributed by atoms with van der Waals surface area (Å²) in [5.41, 5.74) is 0.983. The summed E-state index contributed by atoms with van der Waals surface area (Å²) in [5.74, 6) is 0.385. The minimum atomic E-state index is -3.43. The number of pyridine rings is 1. The highest BCUT2D eigenvalue weighted by molar-refractivity contribution is 7.90. The maximum absolute atomic E-state index is 12.0. The fourth-order valence-electron chi connectivity index (χ4n) is 1.89. The molecule has 1 aromatic heterocycles. The SMILES string of the molecule is Cc1ccnc(NS(=O)(=O)N2CCCCC2)c1. The van der Waals surface area contributed by atoms with Gasteiger partial charge in [0.05, 0.1) is 0 Å². The first-order valence-corrected chi connectivity index (χ1v) is 7.22. The van der Waals surface area contributed by atoms with Gasteiger partial charge < -0.3 is 0 Å². The number of hydrogen-bond acceptors (Lipinski definition) is 3. The second kappa shape index (κ2) is 5.01. The molecule has 0 atom stereocenters. The van der Waals surface area contributed by atoms with Gasteiger partial charge in [-0.3, -0.25) is 4.72 Å². The molecule has 2 heterocycles. The van der Waals surface area contributed by atoms with E-state index in [0.717, 1.165) is 24.8 Å². The van der Waals surface area contributed by atoms with Crippen molar-refractivity contribution < 1.29 is 8.42 Å². The van der Waals surface area contributed by atoms with E-state index in [4.69, 9.17) is 0 Å². The second-order valence-corrected chi connectivity index (χ2v) is 5.96. The molecule has 0 aromatic carbocycles. The molecule has 6 heteroatoms. The zero-order chi connectivity index (χ0) is 12.3. The molecule has 0 radical (unpaired) electrons. The van der Waals surface area contributed by atoms with Crippen molar-refractivity contribution in [1.82, 2.24) is 9.29 Å². The van der Waals surface area contributed by atoms with E-state index < -0.39 is 10.2 Å². The lowest BCUT2D eigenvalue weighted by molar-refractivity contribution is 0.349. The van der Waals surface area contributed by atoms with Gasteiger partial charge in [0.15, 0.2) is 0 Å². The fraction of sp³-hybridized carbons (Fsp3) is 0.545. The molecule has 17 heavy (non-hydrogen) atoms. The largest absolute Gasteiger partial charge is 0.302 e. The van der Waals surface area contributed by atoms with E-state index in [1.54, 1.807) is 12.3 Å². The quantitative estimate of drug-likeness (QED) is 0.891. The molecule has 94 valence electrons. The highest BCUT2D eigenvalue weighted by atomic mass is 32.2. The molecule has 2 rings (SSSR count). The van der Waals surface area contributed by atoms with Gasteiger partial charge in [0, 0.05) is 19.3 Å². The lowest BCUT2D eigenvalue weighted by Crippen LogP contribution is -2.39. The molecule has 0 saturated carbocycles. The Morgan fingerprint density at radius 1 is 1.29 bits per heavy atom. The lowest BCUT2D eigenvalue weighted by Gasteiger charge is -2.25. The molecule has 1 saturated heterocycles. The van der Waals surface area contributed by atoms with E-state index in [9.17, 15) is 8.42 Å². The molecule has 0 bridgehead atoms. The Labute approximate surface area is 102 Å². The number of aryl methyl sites for hydroxylation is 1. The summed E-state index contributed by atoms with van der Waals surface area (Å²) in [7, 11) is -3.43. The van der Waals surface area contributed by atoms with Crippen molar-refractivity contribution in [3.05, 3.63) is 23.9 Å². The lowest BCUT2D eigenvalue weighted by atomic mass is 10.2. The molecule has 0 aliphatic carbocycles. The van der Waals surface area contributed by atoms with Gasteiger partial charge >= 0.3 is 10.2 Å². The predicted octanol–water partition coefficient (Wildman–Crippen LogP) is 1.53. The van der Waals surface area contributed by atoms with E-state index in [2.05, 4.69) is 9.71 Å². The highest BCUT2D eigenvalue weighted by Crippen LogP contribution is 2.15. The molecular weight excluding hydrogens is 238 g/mol. The number of piperidine rings is 1. The van der Waals surface area contributed by atoms with Gasteiger partial charge in [0.2, 0.25) is 0 Å². The van der Waals surface area contributed by atoms with Crippen LogP contribution >= 0.6 is 0 Å². The molecule has 1 fully saturated rings. The molecule has 1 aliphatic rings. The van der Waals surface area contributed by atoms with Crippen molar-refractivity contribution in [2.75, 3.05) is 17.8 Å². The Morgan fingerprint density at radius 3 is 2.65 bits per heavy atom. The molecule has 1 aromatic rings. The molecular formula is C11H17N3O2S. The fourth-order valence-corrected chi connectivity index (χ4v) is 3.14. The van der Waals surface area contributed by atoms with E-state index in [1.807, 2.05) is 13.0 Å². The Balaban J connectivity index is 2.11. The van der Waals surface area contributed by atoms with Crippen LogP contribution in [0, 0.1) is 6.92 Å². The summed E-state index contributed by atoms with van der Waals surface area (Å²) >= 11 is 0. The first-order valence-electron chi connectivity index (χ1n) is 5.78. The normalized spacial score (nSPS) is 17.9. The van der Waals surface area contributed by atoms with Gasteiger partial charge in [-0.15, -0.1) is 0 Å². The summed E-state index contributed by atoms with van der Waals surface area (Å²) in [6.07, 6.45) is 4.57. The Kier molecular flexibility index (Phi) is 3.63. The third-order valence-electron chi connectivity index (χ3n) is 2.80. The van der Waals surface area contributed by atoms with Crippen LogP contribution in [-0.4, -0.2) is 30.8 Å². The molecule has 0 amide bonds. The number of hydrogen-bond donors (Lipinski definition) is 1. The molecule has 0 unspecified atom stereocenters. The summed E-state index contributed by atoms with van der Waals surface area (Å²) < 4.78 is 28.1. The van der Waals surface area contributed by atoms with Crippen LogP contribution in [0.1, 0.15) is 24.8 Å². The maximum atomic E-state index is 12.0. The maximum Gasteiger partial charge on any atom is 0.302 e. The van der Waals surface area contributed by atoms with Gasteiger partial charge in [0.1, 0.15) is 5.82 Å². The summed E-state index contributed by atoms with van der Waals surface area (Å²) in [6.45, 7) is 3.10. The summed E-state index contributed by atoms with van der Waals surface area (Å²) in [6, 6.07) is 3.56. The molecule has 1 aliphatic heterocycles. The van der Waals surface area contributed by atoms with E-state index in [1.165, 1.54) is 4.31 Å². The standard InChI is InChI=1S/C11H17N3O2S/c1-10-5-6-12-11(9-10)13-17(15,16)14-7-3-2-4-8-14/h5-6,9H,2-4,7-8H2,1H3,(H,12,13). The monoisotopic (exact) mass is 255 g/mol. The average Bonchev–Trinajstić information content (AvgIpc) is 2.29. The van der Waals surface area contributed by atoms with Crippen molar-refractivity contribution in [3.8, 4) is 0 Å². The van der Waals surface area contributed by atoms with Crippen molar-refractivity contribution in [2.45, 2.75) is 26.2 Å². The van der Waals surface area contributed by atoms with Crippen LogP contribution in [0.4, 0.5) is 5.82 Å². The number of aromatic nitrogens is 1. The number of nitrogens with zero attached hydrogens (tertiary/aromatic N) is 2. The number of anilines is 1. The first kappa shape index (κ1) is 12.3. The summed E-state index contributed by atoms with van der Waals surface area (Å²) in [4.78, 5) is 4.00. The molecule has 0 spiro atoms. The molecule has 5 nitrogen and oxygen atoms in total. The molecule has 1 N–H and O–H groups in total. The first-order chi connectivity index (χ1) is 8.08. The number of rotatable bonds is 3. The van der Waals surface area contributed by atoms with Gasteiger partial charge in [-0.2, -0.15) is 12.7 Å². The smallest absolute Gasteiger partial charge is 0.254 e. The minimum Gasteiger partial charge on any atom is -0.254 e. The highest BCUT2D eigenvalue weighted by Gasteiger charge is 2.23. The zero-order valence-corrected chi connectivity index (χ0v) is 10.7. The predicted molar refractivity (Wildman–Crippen MR) is 66.9 cm³/mol. The Bertz CT molecular complexity index is 481. The van der Waals surface area contributed by atoms with Gasteiger partial charge in [-0.1, -0.05) is 6.42 Å². The van der Waals surface area contributed by atoms with Crippen molar-refractivity contribution in [2.24, 2.45) is 0 Å². The van der Waals surface area contributed by atoms with E-state index >= 15 is 0 Å². The minimum absolute atomic E-state index is 0.385. The van der Waals surface area contributed by atoms with E-state index in [0.29, 0.717) is 18.9 Å². The van der Waals surface area contributed by atoms with Gasteiger partial charge in [-0.25, -0.2) is 4.98 Å². The van der Waals surface area contributed by atoms with Crippen LogP contribution in [0.5, 0.6) is 0 Å². The van der Waals surface area contributed by atoms with Crippen LogP contribution in [0.15, 0.2) is 18.3 Å². The Hall–Kier alpha value is -1.14. The van der Waals surface area contributed by atoms with Crippen LogP contribution in [-0.2, 0) is 10.2 Å². The second-order valence-electron chi connectivity index (χ2n) is 4.29. The van der Waals surface area contributed by atoms with Crippen molar-refractivity contribution in [1.29, 1.82) is 0 Å². The van der Waals surface area contributed by atoms with Crippen LogP contribution in [0.2, 0.25) is 0 Å². The third-order valence-corrected chi connectivity index (χ3v) is 4.32. The van der Waals surface area contributed by atoms with Crippen molar-refractivity contribution >= 4 is 16.0 Å². The topological polar surface area (TPSA) is 62.3 Å². The van der Waals surface area contributed by atoms with Crippen LogP contribution in [0.3, 0.4) is 0 Å². The zero-order valence-electron chi connectivity index (χ0n) is 9.89. The van der Waals surface area contributed by atoms with Gasteiger partial charge in [0.25, 0.3) is 0 Å².